The SMILES string of the molecule is CCCn1cc(S(=O)(=O)NCc2ccncc2C)c(N)n1. The number of rotatable bonds is 6. The maximum Gasteiger partial charge on any atom is 0.246 e. The highest BCUT2D eigenvalue weighted by Gasteiger charge is 2.21. The molecule has 8 heteroatoms. The zero-order valence-electron chi connectivity index (χ0n) is 12.1. The molecular formula is C13H19N5O2S. The number of aromatic nitrogens is 3. The second-order valence-electron chi connectivity index (χ2n) is 4.77. The van der Waals surface area contributed by atoms with E-state index in [9.17, 15) is 8.42 Å². The minimum Gasteiger partial charge on any atom is -0.381 e. The number of nitrogens with one attached hydrogen (secondary N) is 1. The van der Waals surface area contributed by atoms with Gasteiger partial charge < -0.3 is 5.73 Å². The molecule has 0 atom stereocenters. The lowest BCUT2D eigenvalue weighted by Crippen LogP contribution is -2.24. The van der Waals surface area contributed by atoms with Gasteiger partial charge in [0.05, 0.1) is 0 Å². The van der Waals surface area contributed by atoms with Gasteiger partial charge in [-0.05, 0) is 30.5 Å². The van der Waals surface area contributed by atoms with Gasteiger partial charge in [0.15, 0.2) is 5.82 Å². The van der Waals surface area contributed by atoms with Gasteiger partial charge in [0.1, 0.15) is 4.90 Å². The standard InChI is InChI=1S/C13H19N5O2S/c1-3-6-18-9-12(13(14)17-18)21(19,20)16-8-11-4-5-15-7-10(11)2/h4-5,7,9,16H,3,6,8H2,1-2H3,(H2,14,17). The summed E-state index contributed by atoms with van der Waals surface area (Å²) in [5, 5.41) is 4.00. The van der Waals surface area contributed by atoms with E-state index in [1.165, 1.54) is 6.20 Å². The lowest BCUT2D eigenvalue weighted by molar-refractivity contribution is 0.579. The number of anilines is 1. The Bertz CT molecular complexity index is 724. The number of nitrogen functional groups attached to an aromatic ring is 1. The Balaban J connectivity index is 2.17. The van der Waals surface area contributed by atoms with E-state index in [2.05, 4.69) is 14.8 Å². The molecule has 0 unspecified atom stereocenters. The van der Waals surface area contributed by atoms with Gasteiger partial charge in [0.25, 0.3) is 0 Å². The summed E-state index contributed by atoms with van der Waals surface area (Å²) in [5.74, 6) is 0.0161. The first-order valence-electron chi connectivity index (χ1n) is 6.66. The highest BCUT2D eigenvalue weighted by Crippen LogP contribution is 2.17. The Morgan fingerprint density at radius 2 is 2.19 bits per heavy atom. The topological polar surface area (TPSA) is 103 Å². The highest BCUT2D eigenvalue weighted by molar-refractivity contribution is 7.89. The third-order valence-electron chi connectivity index (χ3n) is 3.09. The normalized spacial score (nSPS) is 11.7. The lowest BCUT2D eigenvalue weighted by Gasteiger charge is -2.07. The van der Waals surface area contributed by atoms with Crippen molar-refractivity contribution >= 4 is 15.8 Å². The van der Waals surface area contributed by atoms with Crippen LogP contribution in [0.1, 0.15) is 24.5 Å². The van der Waals surface area contributed by atoms with Gasteiger partial charge in [-0.2, -0.15) is 5.10 Å². The Morgan fingerprint density at radius 1 is 1.43 bits per heavy atom. The molecule has 0 aliphatic heterocycles. The molecule has 0 aliphatic rings. The average molecular weight is 309 g/mol. The van der Waals surface area contributed by atoms with Gasteiger partial charge in [-0.25, -0.2) is 13.1 Å². The van der Waals surface area contributed by atoms with E-state index in [0.29, 0.717) is 6.54 Å². The van der Waals surface area contributed by atoms with Crippen LogP contribution in [0.3, 0.4) is 0 Å². The van der Waals surface area contributed by atoms with Crippen molar-refractivity contribution in [3.8, 4) is 0 Å². The average Bonchev–Trinajstić information content (AvgIpc) is 2.80. The monoisotopic (exact) mass is 309 g/mol. The number of aryl methyl sites for hydroxylation is 2. The molecule has 0 aromatic carbocycles. The molecule has 0 amide bonds. The molecule has 0 saturated heterocycles. The fourth-order valence-electron chi connectivity index (χ4n) is 1.92. The smallest absolute Gasteiger partial charge is 0.246 e. The van der Waals surface area contributed by atoms with Gasteiger partial charge in [0.2, 0.25) is 10.0 Å². The Morgan fingerprint density at radius 3 is 2.86 bits per heavy atom. The first-order chi connectivity index (χ1) is 9.94. The fourth-order valence-corrected chi connectivity index (χ4v) is 3.00. The van der Waals surface area contributed by atoms with Gasteiger partial charge in [-0.1, -0.05) is 6.92 Å². The van der Waals surface area contributed by atoms with E-state index in [0.717, 1.165) is 17.5 Å². The zero-order chi connectivity index (χ0) is 15.5. The number of pyridine rings is 1. The molecule has 3 N–H and O–H groups in total. The minimum absolute atomic E-state index is 0.0161. The van der Waals surface area contributed by atoms with Gasteiger partial charge in [0, 0.05) is 31.7 Å². The van der Waals surface area contributed by atoms with Crippen molar-refractivity contribution in [3.05, 3.63) is 35.8 Å². The minimum atomic E-state index is -3.68. The molecule has 2 aromatic rings. The molecule has 0 radical (unpaired) electrons. The lowest BCUT2D eigenvalue weighted by atomic mass is 10.2. The van der Waals surface area contributed by atoms with Crippen LogP contribution in [0.5, 0.6) is 0 Å². The predicted molar refractivity (Wildman–Crippen MR) is 79.9 cm³/mol. The molecule has 21 heavy (non-hydrogen) atoms. The van der Waals surface area contributed by atoms with Crippen LogP contribution in [0.15, 0.2) is 29.6 Å². The quantitative estimate of drug-likeness (QED) is 0.830. The van der Waals surface area contributed by atoms with E-state index < -0.39 is 10.0 Å². The van der Waals surface area contributed by atoms with Crippen LogP contribution in [-0.2, 0) is 23.1 Å². The predicted octanol–water partition coefficient (Wildman–Crippen LogP) is 1.06. The number of hydrogen-bond acceptors (Lipinski definition) is 5. The summed E-state index contributed by atoms with van der Waals surface area (Å²) in [7, 11) is -3.68. The third-order valence-corrected chi connectivity index (χ3v) is 4.50. The summed E-state index contributed by atoms with van der Waals surface area (Å²) in [6.07, 6.45) is 5.63. The third kappa shape index (κ3) is 3.59. The number of nitrogens with zero attached hydrogens (tertiary/aromatic N) is 3. The molecule has 0 aliphatic carbocycles. The number of sulfonamides is 1. The van der Waals surface area contributed by atoms with Crippen molar-refractivity contribution in [3.63, 3.8) is 0 Å². The van der Waals surface area contributed by atoms with Crippen LogP contribution in [0, 0.1) is 6.92 Å². The van der Waals surface area contributed by atoms with Crippen LogP contribution in [0.4, 0.5) is 5.82 Å². The van der Waals surface area contributed by atoms with Crippen molar-refractivity contribution in [2.75, 3.05) is 5.73 Å². The summed E-state index contributed by atoms with van der Waals surface area (Å²) >= 11 is 0. The molecule has 0 fully saturated rings. The first-order valence-corrected chi connectivity index (χ1v) is 8.14. The summed E-state index contributed by atoms with van der Waals surface area (Å²) in [6, 6.07) is 1.78. The maximum absolute atomic E-state index is 12.3. The molecule has 0 spiro atoms. The largest absolute Gasteiger partial charge is 0.381 e. The molecule has 7 nitrogen and oxygen atoms in total. The Kier molecular flexibility index (Phi) is 4.59. The second kappa shape index (κ2) is 6.23. The molecule has 0 bridgehead atoms. The molecule has 2 heterocycles. The molecule has 114 valence electrons. The zero-order valence-corrected chi connectivity index (χ0v) is 12.9. The van der Waals surface area contributed by atoms with Crippen LogP contribution < -0.4 is 10.5 Å². The van der Waals surface area contributed by atoms with Crippen LogP contribution in [0.2, 0.25) is 0 Å². The van der Waals surface area contributed by atoms with Crippen LogP contribution in [-0.4, -0.2) is 23.2 Å². The van der Waals surface area contributed by atoms with Crippen molar-refractivity contribution in [1.29, 1.82) is 0 Å². The van der Waals surface area contributed by atoms with Crippen molar-refractivity contribution in [1.82, 2.24) is 19.5 Å². The van der Waals surface area contributed by atoms with E-state index in [-0.39, 0.29) is 17.3 Å². The summed E-state index contributed by atoms with van der Waals surface area (Å²) < 4.78 is 28.7. The molecule has 0 saturated carbocycles. The van der Waals surface area contributed by atoms with Crippen LogP contribution >= 0.6 is 0 Å². The summed E-state index contributed by atoms with van der Waals surface area (Å²) in [4.78, 5) is 3.99. The van der Waals surface area contributed by atoms with Gasteiger partial charge in [-0.3, -0.25) is 9.67 Å². The van der Waals surface area contributed by atoms with Crippen LogP contribution in [0.25, 0.3) is 0 Å². The van der Waals surface area contributed by atoms with Crippen molar-refractivity contribution < 1.29 is 8.42 Å². The Hall–Kier alpha value is -1.93. The number of hydrogen-bond donors (Lipinski definition) is 2. The van der Waals surface area contributed by atoms with Gasteiger partial charge in [-0.15, -0.1) is 0 Å². The van der Waals surface area contributed by atoms with E-state index in [4.69, 9.17) is 5.73 Å². The first kappa shape index (κ1) is 15.5. The number of nitrogens with two attached hydrogens (primary N) is 1. The summed E-state index contributed by atoms with van der Waals surface area (Å²) in [5.41, 5.74) is 7.49. The van der Waals surface area contributed by atoms with Crippen molar-refractivity contribution in [2.45, 2.75) is 38.3 Å². The van der Waals surface area contributed by atoms with E-state index >= 15 is 0 Å². The Labute approximate surface area is 124 Å². The molecule has 2 aromatic heterocycles. The summed E-state index contributed by atoms with van der Waals surface area (Å²) in [6.45, 7) is 4.68. The van der Waals surface area contributed by atoms with Gasteiger partial charge >= 0.3 is 0 Å². The fraction of sp³-hybridized carbons (Fsp3) is 0.385. The second-order valence-corrected chi connectivity index (χ2v) is 6.50. The van der Waals surface area contributed by atoms with E-state index in [1.807, 2.05) is 13.8 Å². The molecular weight excluding hydrogens is 290 g/mol. The highest BCUT2D eigenvalue weighted by atomic mass is 32.2. The van der Waals surface area contributed by atoms with Crippen molar-refractivity contribution in [2.24, 2.45) is 0 Å². The van der Waals surface area contributed by atoms with E-state index in [1.54, 1.807) is 23.1 Å². The molecule has 2 rings (SSSR count). The maximum atomic E-state index is 12.3.